The normalized spacial score (nSPS) is 15.6. The van der Waals surface area contributed by atoms with Gasteiger partial charge in [0.05, 0.1) is 34.1 Å². The van der Waals surface area contributed by atoms with Gasteiger partial charge >= 0.3 is 0 Å². The number of fused-ring (bicyclic) bond motifs is 2. The highest BCUT2D eigenvalue weighted by Crippen LogP contribution is 2.36. The number of piperidine rings is 2. The molecule has 9 nitrogen and oxygen atoms in total. The summed E-state index contributed by atoms with van der Waals surface area (Å²) in [6, 6.07) is 30.3. The molecule has 4 heterocycles. The Morgan fingerprint density at radius 1 is 0.672 bits per heavy atom. The predicted molar refractivity (Wildman–Crippen MR) is 242 cm³/mol. The smallest absolute Gasteiger partial charge is 0.238 e. The number of benzene rings is 5. The molecule has 7 aromatic rings. The number of halogens is 5. The van der Waals surface area contributed by atoms with Gasteiger partial charge < -0.3 is 9.64 Å². The van der Waals surface area contributed by atoms with E-state index in [1.54, 1.807) is 60.7 Å². The number of ether oxygens (including phenoxy) is 1. The van der Waals surface area contributed by atoms with Crippen LogP contribution in [0.3, 0.4) is 0 Å². The molecule has 0 atom stereocenters. The van der Waals surface area contributed by atoms with Crippen LogP contribution in [0.1, 0.15) is 38.2 Å². The number of hydrogen-bond donors (Lipinski definition) is 1. The largest absolute Gasteiger partial charge is 0.492 e. The molecule has 9 rings (SSSR count). The Kier molecular flexibility index (Phi) is 12.2. The minimum Gasteiger partial charge on any atom is -0.492 e. The van der Waals surface area contributed by atoms with Crippen LogP contribution in [0, 0.1) is 11.6 Å². The monoisotopic (exact) mass is 878 g/mol. The van der Waals surface area contributed by atoms with Gasteiger partial charge in [0.15, 0.2) is 0 Å². The van der Waals surface area contributed by atoms with E-state index in [1.165, 1.54) is 12.1 Å². The summed E-state index contributed by atoms with van der Waals surface area (Å²) < 4.78 is 36.4. The minimum absolute atomic E-state index is 0.0875. The van der Waals surface area contributed by atoms with Gasteiger partial charge in [-0.2, -0.15) is 0 Å². The van der Waals surface area contributed by atoms with E-state index < -0.39 is 0 Å². The van der Waals surface area contributed by atoms with Gasteiger partial charge in [-0.15, -0.1) is 0 Å². The van der Waals surface area contributed by atoms with E-state index in [9.17, 15) is 0 Å². The van der Waals surface area contributed by atoms with E-state index in [2.05, 4.69) is 26.3 Å². The quantitative estimate of drug-likeness (QED) is 0.128. The van der Waals surface area contributed by atoms with E-state index >= 15 is 8.78 Å². The van der Waals surface area contributed by atoms with Crippen molar-refractivity contribution in [2.75, 3.05) is 43.1 Å². The minimum atomic E-state index is -0.378. The molecule has 2 fully saturated rings. The maximum absolute atomic E-state index is 15.4. The van der Waals surface area contributed by atoms with E-state index in [4.69, 9.17) is 59.5 Å². The molecule has 0 aliphatic carbocycles. The van der Waals surface area contributed by atoms with Crippen LogP contribution < -0.4 is 15.1 Å². The molecule has 14 heteroatoms. The maximum Gasteiger partial charge on any atom is 0.238 e. The zero-order valence-electron chi connectivity index (χ0n) is 33.5. The first-order chi connectivity index (χ1) is 29.7. The van der Waals surface area contributed by atoms with Crippen molar-refractivity contribution in [3.8, 4) is 28.3 Å². The van der Waals surface area contributed by atoms with Crippen LogP contribution in [-0.4, -0.2) is 74.7 Å². The molecule has 2 saturated heterocycles. The lowest BCUT2D eigenvalue weighted by atomic mass is 9.98. The average Bonchev–Trinajstić information content (AvgIpc) is 3.27. The molecule has 2 aliphatic heterocycles. The lowest BCUT2D eigenvalue weighted by Gasteiger charge is -2.45. The number of hydrazine groups is 1. The van der Waals surface area contributed by atoms with Gasteiger partial charge in [-0.25, -0.2) is 33.7 Å². The summed E-state index contributed by atoms with van der Waals surface area (Å²) in [6.45, 7) is 6.35. The Morgan fingerprint density at radius 3 is 1.85 bits per heavy atom. The van der Waals surface area contributed by atoms with Gasteiger partial charge in [0, 0.05) is 76.8 Å². The third-order valence-electron chi connectivity index (χ3n) is 11.6. The van der Waals surface area contributed by atoms with Gasteiger partial charge in [0.1, 0.15) is 17.4 Å². The number of anilines is 2. The number of hydrogen-bond acceptors (Lipinski definition) is 9. The van der Waals surface area contributed by atoms with Crippen molar-refractivity contribution in [2.24, 2.45) is 0 Å². The van der Waals surface area contributed by atoms with E-state index in [-0.39, 0.29) is 23.7 Å². The third-order valence-corrected chi connectivity index (χ3v) is 12.4. The zero-order chi connectivity index (χ0) is 42.0. The molecular formula is C47H43Cl3F2N8O. The molecule has 0 spiro atoms. The number of rotatable bonds is 11. The summed E-state index contributed by atoms with van der Waals surface area (Å²) in [7, 11) is 0. The van der Waals surface area contributed by atoms with Crippen LogP contribution in [0.5, 0.6) is 5.75 Å². The maximum atomic E-state index is 15.4. The summed E-state index contributed by atoms with van der Waals surface area (Å²) >= 11 is 19.3. The molecule has 2 aromatic heterocycles. The van der Waals surface area contributed by atoms with Gasteiger partial charge in [-0.05, 0) is 111 Å². The molecule has 0 amide bonds. The topological polar surface area (TPSA) is 82.5 Å². The second-order valence-electron chi connectivity index (χ2n) is 15.5. The summed E-state index contributed by atoms with van der Waals surface area (Å²) in [5, 5.41) is 5.34. The van der Waals surface area contributed by atoms with Crippen molar-refractivity contribution < 1.29 is 13.5 Å². The van der Waals surface area contributed by atoms with Gasteiger partial charge in [-0.1, -0.05) is 65.1 Å². The summed E-state index contributed by atoms with van der Waals surface area (Å²) in [6.07, 6.45) is 3.34. The number of aromatic nitrogens is 4. The Hall–Kier alpha value is -5.17. The lowest BCUT2D eigenvalue weighted by Crippen LogP contribution is -2.55. The Balaban J connectivity index is 1.01. The van der Waals surface area contributed by atoms with E-state index in [0.29, 0.717) is 96.7 Å². The van der Waals surface area contributed by atoms with Crippen LogP contribution >= 0.6 is 34.8 Å². The highest BCUT2D eigenvalue weighted by molar-refractivity contribution is 6.32. The van der Waals surface area contributed by atoms with Crippen molar-refractivity contribution in [1.29, 1.82) is 0 Å². The van der Waals surface area contributed by atoms with Gasteiger partial charge in [0.25, 0.3) is 0 Å². The predicted octanol–water partition coefficient (Wildman–Crippen LogP) is 11.5. The SMILES string of the molecule is CCOc1cc(CN2CCC(N(Nc3nc(-c4ccccc4F)c4cc(Cl)ccc4n3)C3CCN(c4nc(-c5ccccc5F)c5cc(Cl)ccc5n4)CC3)CC2)ccc1Cl. The van der Waals surface area contributed by atoms with Crippen molar-refractivity contribution in [1.82, 2.24) is 29.8 Å². The van der Waals surface area contributed by atoms with Crippen LogP contribution in [0.4, 0.5) is 20.7 Å². The average molecular weight is 880 g/mol. The van der Waals surface area contributed by atoms with E-state index in [1.807, 2.05) is 31.2 Å². The highest BCUT2D eigenvalue weighted by Gasteiger charge is 2.34. The van der Waals surface area contributed by atoms with Crippen LogP contribution in [0.2, 0.25) is 15.1 Å². The fourth-order valence-corrected chi connectivity index (χ4v) is 9.08. The third kappa shape index (κ3) is 8.94. The molecular weight excluding hydrogens is 837 g/mol. The number of nitrogens with zero attached hydrogens (tertiary/aromatic N) is 7. The molecule has 2 aliphatic rings. The Bertz CT molecular complexity index is 2710. The van der Waals surface area contributed by atoms with Crippen LogP contribution in [-0.2, 0) is 6.54 Å². The Morgan fingerprint density at radius 2 is 1.25 bits per heavy atom. The molecule has 312 valence electrons. The first kappa shape index (κ1) is 41.2. The van der Waals surface area contributed by atoms with Gasteiger partial charge in [-0.3, -0.25) is 10.3 Å². The van der Waals surface area contributed by atoms with Crippen LogP contribution in [0.25, 0.3) is 44.3 Å². The second kappa shape index (κ2) is 18.0. The summed E-state index contributed by atoms with van der Waals surface area (Å²) in [5.41, 5.74) is 7.90. The van der Waals surface area contributed by atoms with Crippen LogP contribution in [0.15, 0.2) is 103 Å². The van der Waals surface area contributed by atoms with Crippen molar-refractivity contribution in [2.45, 2.75) is 51.2 Å². The van der Waals surface area contributed by atoms with Crippen molar-refractivity contribution in [3.05, 3.63) is 135 Å². The number of nitrogens with one attached hydrogen (secondary N) is 1. The summed E-state index contributed by atoms with van der Waals surface area (Å²) in [5.74, 6) is 0.887. The number of likely N-dealkylation sites (tertiary alicyclic amines) is 1. The molecule has 0 saturated carbocycles. The molecule has 5 aromatic carbocycles. The molecule has 0 unspecified atom stereocenters. The fraction of sp³-hybridized carbons (Fsp3) is 0.277. The molecule has 0 radical (unpaired) electrons. The standard InChI is InChI=1S/C47H43Cl3F2N8O/c1-2-61-43-25-29(11-14-38(43)50)28-58-21-17-32(18-22-58)60(57-46-53-41-15-12-30(48)26-36(41)44(55-46)34-7-3-5-9-39(34)51)33-19-23-59(24-20-33)47-54-42-16-13-31(49)27-37(42)45(56-47)35-8-4-6-10-40(35)52/h3-16,25-27,32-33H,2,17-24,28H2,1H3,(H,53,55,57). The van der Waals surface area contributed by atoms with E-state index in [0.717, 1.165) is 50.9 Å². The summed E-state index contributed by atoms with van der Waals surface area (Å²) in [4.78, 5) is 24.5. The highest BCUT2D eigenvalue weighted by atomic mass is 35.5. The molecule has 61 heavy (non-hydrogen) atoms. The van der Waals surface area contributed by atoms with Gasteiger partial charge in [0.2, 0.25) is 11.9 Å². The first-order valence-corrected chi connectivity index (χ1v) is 21.7. The zero-order valence-corrected chi connectivity index (χ0v) is 35.7. The molecule has 0 bridgehead atoms. The van der Waals surface area contributed by atoms with Crippen molar-refractivity contribution >= 4 is 68.5 Å². The molecule has 1 N–H and O–H groups in total. The lowest BCUT2D eigenvalue weighted by molar-refractivity contribution is 0.0808. The van der Waals surface area contributed by atoms with Crippen molar-refractivity contribution in [3.63, 3.8) is 0 Å². The second-order valence-corrected chi connectivity index (χ2v) is 16.8. The first-order valence-electron chi connectivity index (χ1n) is 20.6. The fourth-order valence-electron chi connectivity index (χ4n) is 8.56. The Labute approximate surface area is 368 Å².